The van der Waals surface area contributed by atoms with Crippen molar-refractivity contribution >= 4 is 0 Å². The van der Waals surface area contributed by atoms with E-state index in [0.29, 0.717) is 11.6 Å². The SMILES string of the molecule is Cc1nc(C2(C)CCc3c(C)c(O)c(C)c(C)c3O2)n[nH]1. The van der Waals surface area contributed by atoms with E-state index in [1.165, 1.54) is 0 Å². The number of benzene rings is 1. The number of nitrogens with zero attached hydrogens (tertiary/aromatic N) is 2. The van der Waals surface area contributed by atoms with Crippen LogP contribution in [0.1, 0.15) is 47.2 Å². The second-order valence-electron chi connectivity index (χ2n) is 6.11. The van der Waals surface area contributed by atoms with E-state index in [2.05, 4.69) is 15.2 Å². The van der Waals surface area contributed by atoms with Gasteiger partial charge in [0.1, 0.15) is 17.3 Å². The predicted molar refractivity (Wildman–Crippen MR) is 79.7 cm³/mol. The first-order chi connectivity index (χ1) is 9.83. The molecule has 0 saturated carbocycles. The van der Waals surface area contributed by atoms with Gasteiger partial charge in [-0.15, -0.1) is 0 Å². The van der Waals surface area contributed by atoms with E-state index in [9.17, 15) is 5.11 Å². The number of fused-ring (bicyclic) bond motifs is 1. The molecule has 1 aliphatic rings. The maximum Gasteiger partial charge on any atom is 0.194 e. The highest BCUT2D eigenvalue weighted by molar-refractivity contribution is 5.58. The van der Waals surface area contributed by atoms with Crippen LogP contribution in [-0.2, 0) is 12.0 Å². The summed E-state index contributed by atoms with van der Waals surface area (Å²) >= 11 is 0. The van der Waals surface area contributed by atoms with Gasteiger partial charge in [-0.2, -0.15) is 5.10 Å². The highest BCUT2D eigenvalue weighted by atomic mass is 16.5. The van der Waals surface area contributed by atoms with Crippen molar-refractivity contribution < 1.29 is 9.84 Å². The van der Waals surface area contributed by atoms with E-state index in [1.54, 1.807) is 0 Å². The quantitative estimate of drug-likeness (QED) is 0.846. The molecule has 1 unspecified atom stereocenters. The molecule has 3 rings (SSSR count). The Bertz CT molecular complexity index is 721. The van der Waals surface area contributed by atoms with Gasteiger partial charge in [0.25, 0.3) is 0 Å². The van der Waals surface area contributed by atoms with E-state index in [-0.39, 0.29) is 0 Å². The molecule has 2 heterocycles. The minimum atomic E-state index is -0.529. The summed E-state index contributed by atoms with van der Waals surface area (Å²) in [5, 5.41) is 17.4. The summed E-state index contributed by atoms with van der Waals surface area (Å²) in [5.74, 6) is 2.73. The Balaban J connectivity index is 2.11. The van der Waals surface area contributed by atoms with E-state index in [1.807, 2.05) is 34.6 Å². The second kappa shape index (κ2) is 4.48. The molecule has 0 aliphatic carbocycles. The number of phenols is 1. The van der Waals surface area contributed by atoms with E-state index >= 15 is 0 Å². The van der Waals surface area contributed by atoms with Gasteiger partial charge in [-0.05, 0) is 64.2 Å². The zero-order valence-electron chi connectivity index (χ0n) is 13.2. The van der Waals surface area contributed by atoms with Crippen LogP contribution in [0.5, 0.6) is 11.5 Å². The average Bonchev–Trinajstić information content (AvgIpc) is 2.90. The molecule has 0 bridgehead atoms. The summed E-state index contributed by atoms with van der Waals surface area (Å²) in [6.45, 7) is 9.76. The number of aromatic nitrogens is 3. The number of nitrogens with one attached hydrogen (secondary N) is 1. The van der Waals surface area contributed by atoms with Gasteiger partial charge in [0.15, 0.2) is 11.4 Å². The number of aromatic amines is 1. The second-order valence-corrected chi connectivity index (χ2v) is 6.11. The molecule has 0 saturated heterocycles. The molecule has 1 aromatic heterocycles. The first-order valence-electron chi connectivity index (χ1n) is 7.23. The van der Waals surface area contributed by atoms with E-state index in [4.69, 9.17) is 4.74 Å². The van der Waals surface area contributed by atoms with E-state index in [0.717, 1.165) is 46.7 Å². The van der Waals surface area contributed by atoms with Crippen molar-refractivity contribution in [3.05, 3.63) is 33.9 Å². The van der Waals surface area contributed by atoms with Crippen molar-refractivity contribution in [1.29, 1.82) is 0 Å². The molecule has 21 heavy (non-hydrogen) atoms. The Labute approximate surface area is 124 Å². The molecular weight excluding hydrogens is 266 g/mol. The number of aryl methyl sites for hydroxylation is 1. The van der Waals surface area contributed by atoms with Crippen molar-refractivity contribution in [3.63, 3.8) is 0 Å². The van der Waals surface area contributed by atoms with Crippen LogP contribution in [0.3, 0.4) is 0 Å². The van der Waals surface area contributed by atoms with Gasteiger partial charge in [0.05, 0.1) is 0 Å². The molecular formula is C16H21N3O2. The number of hydrogen-bond acceptors (Lipinski definition) is 4. The van der Waals surface area contributed by atoms with Crippen molar-refractivity contribution in [3.8, 4) is 11.5 Å². The van der Waals surface area contributed by atoms with Crippen LogP contribution in [0.15, 0.2) is 0 Å². The molecule has 5 nitrogen and oxygen atoms in total. The first kappa shape index (κ1) is 13.9. The highest BCUT2D eigenvalue weighted by Gasteiger charge is 2.39. The molecule has 0 amide bonds. The third-order valence-corrected chi connectivity index (χ3v) is 4.59. The number of aromatic hydroxyl groups is 1. The molecule has 5 heteroatoms. The fourth-order valence-corrected chi connectivity index (χ4v) is 2.98. The zero-order chi connectivity index (χ0) is 15.4. The Morgan fingerprint density at radius 3 is 2.48 bits per heavy atom. The summed E-state index contributed by atoms with van der Waals surface area (Å²) in [6.07, 6.45) is 1.64. The number of phenolic OH excluding ortho intramolecular Hbond substituents is 1. The molecule has 0 fully saturated rings. The van der Waals surface area contributed by atoms with Crippen LogP contribution in [0, 0.1) is 27.7 Å². The largest absolute Gasteiger partial charge is 0.507 e. The molecule has 1 atom stereocenters. The van der Waals surface area contributed by atoms with Crippen LogP contribution in [-0.4, -0.2) is 20.3 Å². The molecule has 112 valence electrons. The summed E-state index contributed by atoms with van der Waals surface area (Å²) in [4.78, 5) is 4.43. The van der Waals surface area contributed by atoms with Crippen molar-refractivity contribution in [2.45, 2.75) is 53.1 Å². The minimum Gasteiger partial charge on any atom is -0.507 e. The zero-order valence-corrected chi connectivity index (χ0v) is 13.2. The van der Waals surface area contributed by atoms with Gasteiger partial charge in [0, 0.05) is 5.56 Å². The van der Waals surface area contributed by atoms with E-state index < -0.39 is 5.60 Å². The highest BCUT2D eigenvalue weighted by Crippen LogP contribution is 2.45. The van der Waals surface area contributed by atoms with Crippen LogP contribution in [0.25, 0.3) is 0 Å². The fraction of sp³-hybridized carbons (Fsp3) is 0.500. The summed E-state index contributed by atoms with van der Waals surface area (Å²) < 4.78 is 6.31. The molecule has 0 spiro atoms. The lowest BCUT2D eigenvalue weighted by molar-refractivity contribution is 0.0524. The predicted octanol–water partition coefficient (Wildman–Crippen LogP) is 2.98. The smallest absolute Gasteiger partial charge is 0.194 e. The number of H-pyrrole nitrogens is 1. The van der Waals surface area contributed by atoms with Crippen LogP contribution in [0.2, 0.25) is 0 Å². The number of rotatable bonds is 1. The maximum atomic E-state index is 10.2. The van der Waals surface area contributed by atoms with Crippen molar-refractivity contribution in [2.24, 2.45) is 0 Å². The summed E-state index contributed by atoms with van der Waals surface area (Å²) in [6, 6.07) is 0. The van der Waals surface area contributed by atoms with Gasteiger partial charge in [-0.1, -0.05) is 0 Å². The first-order valence-corrected chi connectivity index (χ1v) is 7.23. The van der Waals surface area contributed by atoms with Crippen LogP contribution >= 0.6 is 0 Å². The maximum absolute atomic E-state index is 10.2. The standard InChI is InChI=1S/C16H21N3O2/c1-8-9(2)14-12(10(3)13(8)20)6-7-16(5,21-14)15-17-11(4)18-19-15/h20H,6-7H2,1-5H3,(H,17,18,19). The normalized spacial score (nSPS) is 21.0. The molecule has 2 aromatic rings. The lowest BCUT2D eigenvalue weighted by Gasteiger charge is -2.36. The van der Waals surface area contributed by atoms with Crippen molar-refractivity contribution in [2.75, 3.05) is 0 Å². The lowest BCUT2D eigenvalue weighted by Crippen LogP contribution is -2.35. The van der Waals surface area contributed by atoms with Crippen LogP contribution < -0.4 is 4.74 Å². The molecule has 2 N–H and O–H groups in total. The molecule has 0 radical (unpaired) electrons. The topological polar surface area (TPSA) is 71.0 Å². The minimum absolute atomic E-state index is 0.382. The Kier molecular flexibility index (Phi) is 2.97. The van der Waals surface area contributed by atoms with Gasteiger partial charge < -0.3 is 9.84 Å². The third kappa shape index (κ3) is 1.99. The molecule has 1 aliphatic heterocycles. The number of ether oxygens (including phenoxy) is 1. The fourth-order valence-electron chi connectivity index (χ4n) is 2.98. The van der Waals surface area contributed by atoms with Gasteiger partial charge >= 0.3 is 0 Å². The number of hydrogen-bond donors (Lipinski definition) is 2. The van der Waals surface area contributed by atoms with Gasteiger partial charge in [-0.3, -0.25) is 5.10 Å². The Hall–Kier alpha value is -2.04. The van der Waals surface area contributed by atoms with Crippen LogP contribution in [0.4, 0.5) is 0 Å². The van der Waals surface area contributed by atoms with Crippen molar-refractivity contribution in [1.82, 2.24) is 15.2 Å². The lowest BCUT2D eigenvalue weighted by atomic mass is 9.87. The Morgan fingerprint density at radius 1 is 1.14 bits per heavy atom. The summed E-state index contributed by atoms with van der Waals surface area (Å²) in [5.41, 5.74) is 3.35. The third-order valence-electron chi connectivity index (χ3n) is 4.59. The molecule has 1 aromatic carbocycles. The Morgan fingerprint density at radius 2 is 1.86 bits per heavy atom. The average molecular weight is 287 g/mol. The monoisotopic (exact) mass is 287 g/mol. The summed E-state index contributed by atoms with van der Waals surface area (Å²) in [7, 11) is 0. The van der Waals surface area contributed by atoms with Gasteiger partial charge in [-0.25, -0.2) is 4.98 Å². The van der Waals surface area contributed by atoms with Gasteiger partial charge in [0.2, 0.25) is 0 Å².